The third kappa shape index (κ3) is 6.62. The number of rotatable bonds is 8. The average Bonchev–Trinajstić information content (AvgIpc) is 2.91. The largest absolute Gasteiger partial charge is 0.489 e. The molecule has 1 aliphatic heterocycles. The zero-order valence-electron chi connectivity index (χ0n) is 21.1. The van der Waals surface area contributed by atoms with Crippen molar-refractivity contribution in [1.29, 1.82) is 0 Å². The first-order valence-corrected chi connectivity index (χ1v) is 12.4. The third-order valence-corrected chi connectivity index (χ3v) is 6.84. The van der Waals surface area contributed by atoms with Gasteiger partial charge in [0.05, 0.1) is 5.52 Å². The molecule has 1 aliphatic rings. The number of piperidine rings is 1. The van der Waals surface area contributed by atoms with E-state index in [1.807, 2.05) is 37.3 Å². The number of nitrogens with one attached hydrogen (secondary N) is 2. The van der Waals surface area contributed by atoms with Crippen molar-refractivity contribution in [3.8, 4) is 5.75 Å². The van der Waals surface area contributed by atoms with Crippen LogP contribution in [0.25, 0.3) is 10.9 Å². The summed E-state index contributed by atoms with van der Waals surface area (Å²) in [7, 11) is 0. The molecule has 1 unspecified atom stereocenters. The molecule has 2 heterocycles. The van der Waals surface area contributed by atoms with Gasteiger partial charge >= 0.3 is 0 Å². The van der Waals surface area contributed by atoms with Gasteiger partial charge in [0, 0.05) is 54.7 Å². The molecule has 0 radical (unpaired) electrons. The van der Waals surface area contributed by atoms with Crippen LogP contribution in [-0.4, -0.2) is 51.9 Å². The Morgan fingerprint density at radius 3 is 2.49 bits per heavy atom. The second-order valence-electron chi connectivity index (χ2n) is 9.42. The van der Waals surface area contributed by atoms with Crippen LogP contribution < -0.4 is 15.5 Å². The van der Waals surface area contributed by atoms with Gasteiger partial charge in [-0.05, 0) is 62.1 Å². The Balaban J connectivity index is 1.39. The molecular weight excluding hydrogens is 472 g/mol. The van der Waals surface area contributed by atoms with E-state index >= 15 is 0 Å². The van der Waals surface area contributed by atoms with Crippen LogP contribution in [0, 0.1) is 12.8 Å². The van der Waals surface area contributed by atoms with Crippen LogP contribution in [0.4, 0.5) is 0 Å². The Morgan fingerprint density at radius 1 is 1.11 bits per heavy atom. The molecule has 9 heteroatoms. The van der Waals surface area contributed by atoms with Gasteiger partial charge in [0.15, 0.2) is 0 Å². The van der Waals surface area contributed by atoms with Crippen LogP contribution >= 0.6 is 0 Å². The molecule has 0 bridgehead atoms. The number of pyridine rings is 1. The summed E-state index contributed by atoms with van der Waals surface area (Å²) in [4.78, 5) is 42.8. The fourth-order valence-electron chi connectivity index (χ4n) is 4.83. The summed E-state index contributed by atoms with van der Waals surface area (Å²) >= 11 is 0. The van der Waals surface area contributed by atoms with Crippen molar-refractivity contribution in [2.75, 3.05) is 13.1 Å². The Kier molecular flexibility index (Phi) is 8.35. The SMILES string of the molecule is CC(=O)N1CCC(C(CC(=O)NO)NC(=O)c2ccc(OCc3cc(C)nc4ccccc34)cc2)CC1. The van der Waals surface area contributed by atoms with Crippen LogP contribution in [-0.2, 0) is 16.2 Å². The summed E-state index contributed by atoms with van der Waals surface area (Å²) in [6.07, 6.45) is 1.28. The van der Waals surface area contributed by atoms with Crippen LogP contribution in [0.1, 0.15) is 47.8 Å². The highest BCUT2D eigenvalue weighted by Gasteiger charge is 2.30. The Labute approximate surface area is 215 Å². The van der Waals surface area contributed by atoms with Gasteiger partial charge in [-0.1, -0.05) is 18.2 Å². The Morgan fingerprint density at radius 2 is 1.81 bits per heavy atom. The van der Waals surface area contributed by atoms with E-state index in [2.05, 4.69) is 10.3 Å². The van der Waals surface area contributed by atoms with Gasteiger partial charge in [-0.15, -0.1) is 0 Å². The summed E-state index contributed by atoms with van der Waals surface area (Å²) in [6, 6.07) is 16.3. The number of benzene rings is 2. The fourth-order valence-corrected chi connectivity index (χ4v) is 4.83. The number of carbonyl (C=O) groups excluding carboxylic acids is 3. The number of ether oxygens (including phenoxy) is 1. The summed E-state index contributed by atoms with van der Waals surface area (Å²) in [6.45, 7) is 5.00. The minimum atomic E-state index is -0.568. The second-order valence-corrected chi connectivity index (χ2v) is 9.42. The second kappa shape index (κ2) is 11.8. The van der Waals surface area contributed by atoms with Gasteiger partial charge in [0.25, 0.3) is 5.91 Å². The number of hydrogen-bond acceptors (Lipinski definition) is 6. The predicted molar refractivity (Wildman–Crippen MR) is 138 cm³/mol. The lowest BCUT2D eigenvalue weighted by Crippen LogP contribution is -2.48. The Hall–Kier alpha value is -3.98. The number of hydroxylamine groups is 1. The highest BCUT2D eigenvalue weighted by Crippen LogP contribution is 2.24. The lowest BCUT2D eigenvalue weighted by molar-refractivity contribution is -0.132. The monoisotopic (exact) mass is 504 g/mol. The van der Waals surface area contributed by atoms with Crippen LogP contribution in [0.2, 0.25) is 0 Å². The maximum atomic E-state index is 13.0. The number of likely N-dealkylation sites (tertiary alicyclic amines) is 1. The summed E-state index contributed by atoms with van der Waals surface area (Å²) in [5, 5.41) is 13.0. The standard InChI is InChI=1S/C28H32N4O5/c1-18-15-22(24-5-3-4-6-25(24)29-18)17-37-23-9-7-21(8-10-23)28(35)30-26(16-27(34)31-36)20-11-13-32(14-12-20)19(2)33/h3-10,15,20,26,36H,11-14,16-17H2,1-2H3,(H,30,35)(H,31,34). The molecule has 194 valence electrons. The molecule has 1 atom stereocenters. The molecule has 3 N–H and O–H groups in total. The van der Waals surface area contributed by atoms with E-state index in [-0.39, 0.29) is 24.2 Å². The van der Waals surface area contributed by atoms with Gasteiger partial charge < -0.3 is 15.0 Å². The maximum absolute atomic E-state index is 13.0. The van der Waals surface area contributed by atoms with E-state index in [4.69, 9.17) is 9.94 Å². The van der Waals surface area contributed by atoms with Crippen molar-refractivity contribution in [2.45, 2.75) is 45.8 Å². The molecule has 1 saturated heterocycles. The van der Waals surface area contributed by atoms with E-state index in [0.717, 1.165) is 22.2 Å². The molecule has 4 rings (SSSR count). The summed E-state index contributed by atoms with van der Waals surface area (Å²) in [5.41, 5.74) is 4.96. The number of carbonyl (C=O) groups is 3. The molecule has 0 saturated carbocycles. The minimum Gasteiger partial charge on any atom is -0.489 e. The number of nitrogens with zero attached hydrogens (tertiary/aromatic N) is 2. The first-order chi connectivity index (χ1) is 17.8. The topological polar surface area (TPSA) is 121 Å². The van der Waals surface area contributed by atoms with Crippen molar-refractivity contribution < 1.29 is 24.3 Å². The molecule has 37 heavy (non-hydrogen) atoms. The number of para-hydroxylation sites is 1. The maximum Gasteiger partial charge on any atom is 0.251 e. The van der Waals surface area contributed by atoms with Crippen LogP contribution in [0.15, 0.2) is 54.6 Å². The van der Waals surface area contributed by atoms with E-state index < -0.39 is 11.9 Å². The van der Waals surface area contributed by atoms with E-state index in [1.165, 1.54) is 6.92 Å². The molecule has 3 amide bonds. The zero-order valence-corrected chi connectivity index (χ0v) is 21.1. The van der Waals surface area contributed by atoms with Gasteiger partial charge in [-0.25, -0.2) is 5.48 Å². The van der Waals surface area contributed by atoms with E-state index in [0.29, 0.717) is 43.9 Å². The Bertz CT molecular complexity index is 1270. The molecule has 0 aliphatic carbocycles. The van der Waals surface area contributed by atoms with Gasteiger partial charge in [-0.3, -0.25) is 24.6 Å². The predicted octanol–water partition coefficient (Wildman–Crippen LogP) is 3.37. The number of aryl methyl sites for hydroxylation is 1. The molecule has 9 nitrogen and oxygen atoms in total. The van der Waals surface area contributed by atoms with Gasteiger partial charge in [0.1, 0.15) is 12.4 Å². The molecule has 3 aromatic rings. The third-order valence-electron chi connectivity index (χ3n) is 6.84. The number of hydrogen-bond donors (Lipinski definition) is 3. The number of fused-ring (bicyclic) bond motifs is 1. The lowest BCUT2D eigenvalue weighted by atomic mass is 9.87. The van der Waals surface area contributed by atoms with Crippen molar-refractivity contribution in [2.24, 2.45) is 5.92 Å². The van der Waals surface area contributed by atoms with Crippen molar-refractivity contribution >= 4 is 28.6 Å². The highest BCUT2D eigenvalue weighted by atomic mass is 16.5. The normalized spacial score (nSPS) is 14.7. The minimum absolute atomic E-state index is 0.0121. The van der Waals surface area contributed by atoms with Gasteiger partial charge in [0.2, 0.25) is 11.8 Å². The lowest BCUT2D eigenvalue weighted by Gasteiger charge is -2.35. The summed E-state index contributed by atoms with van der Waals surface area (Å²) in [5.74, 6) is -0.225. The quantitative estimate of drug-likeness (QED) is 0.320. The number of aromatic nitrogens is 1. The molecular formula is C28H32N4O5. The van der Waals surface area contributed by atoms with Crippen molar-refractivity contribution in [3.05, 3.63) is 71.4 Å². The number of amides is 3. The zero-order chi connectivity index (χ0) is 26.4. The van der Waals surface area contributed by atoms with Gasteiger partial charge in [-0.2, -0.15) is 0 Å². The smallest absolute Gasteiger partial charge is 0.251 e. The fraction of sp³-hybridized carbons (Fsp3) is 0.357. The van der Waals surface area contributed by atoms with E-state index in [1.54, 1.807) is 34.6 Å². The van der Waals surface area contributed by atoms with Crippen molar-refractivity contribution in [3.63, 3.8) is 0 Å². The molecule has 2 aromatic carbocycles. The average molecular weight is 505 g/mol. The van der Waals surface area contributed by atoms with Crippen molar-refractivity contribution in [1.82, 2.24) is 20.7 Å². The molecule has 0 spiro atoms. The molecule has 1 aromatic heterocycles. The first-order valence-electron chi connectivity index (χ1n) is 12.4. The van der Waals surface area contributed by atoms with E-state index in [9.17, 15) is 14.4 Å². The van der Waals surface area contributed by atoms with Crippen LogP contribution in [0.5, 0.6) is 5.75 Å². The highest BCUT2D eigenvalue weighted by molar-refractivity contribution is 5.94. The first kappa shape index (κ1) is 26.1. The summed E-state index contributed by atoms with van der Waals surface area (Å²) < 4.78 is 5.99. The van der Waals surface area contributed by atoms with Crippen LogP contribution in [0.3, 0.4) is 0 Å². The molecule has 1 fully saturated rings.